The third-order valence-corrected chi connectivity index (χ3v) is 7.63. The highest BCUT2D eigenvalue weighted by Crippen LogP contribution is 2.30. The zero-order valence-electron chi connectivity index (χ0n) is 17.8. The van der Waals surface area contributed by atoms with E-state index in [1.54, 1.807) is 17.1 Å². The molecule has 4 rings (SSSR count). The molecule has 1 aromatic carbocycles. The van der Waals surface area contributed by atoms with Gasteiger partial charge in [-0.3, -0.25) is 10.1 Å². The molecule has 0 aromatic heterocycles. The van der Waals surface area contributed by atoms with Gasteiger partial charge in [0.05, 0.1) is 23.1 Å². The van der Waals surface area contributed by atoms with Crippen LogP contribution in [0.4, 0.5) is 4.39 Å². The van der Waals surface area contributed by atoms with Gasteiger partial charge >= 0.3 is 0 Å². The van der Waals surface area contributed by atoms with Crippen LogP contribution in [0.25, 0.3) is 0 Å². The van der Waals surface area contributed by atoms with Crippen LogP contribution in [0.15, 0.2) is 29.2 Å². The zero-order chi connectivity index (χ0) is 22.3. The zero-order valence-corrected chi connectivity index (χ0v) is 18.6. The summed E-state index contributed by atoms with van der Waals surface area (Å²) < 4.78 is 37.2. The number of hydrazine groups is 1. The van der Waals surface area contributed by atoms with Crippen molar-refractivity contribution >= 4 is 15.7 Å². The number of sulfone groups is 1. The average molecular weight is 455 g/mol. The van der Waals surface area contributed by atoms with Crippen molar-refractivity contribution in [2.45, 2.75) is 41.8 Å². The fraction of sp³-hybridized carbons (Fsp3) is 0.650. The van der Waals surface area contributed by atoms with Crippen molar-refractivity contribution in [3.8, 4) is 0 Å². The second-order valence-electron chi connectivity index (χ2n) is 8.90. The Morgan fingerprint density at radius 2 is 1.97 bits per heavy atom. The van der Waals surface area contributed by atoms with E-state index in [1.165, 1.54) is 6.26 Å². The van der Waals surface area contributed by atoms with Crippen LogP contribution in [0.5, 0.6) is 0 Å². The molecule has 1 aromatic rings. The van der Waals surface area contributed by atoms with E-state index >= 15 is 0 Å². The molecule has 0 bridgehead atoms. The molecule has 3 aliphatic rings. The molecule has 31 heavy (non-hydrogen) atoms. The van der Waals surface area contributed by atoms with Gasteiger partial charge in [0.1, 0.15) is 6.17 Å². The summed E-state index contributed by atoms with van der Waals surface area (Å²) in [5, 5.41) is 7.94. The fourth-order valence-electron chi connectivity index (χ4n) is 4.88. The molecule has 0 spiro atoms. The van der Waals surface area contributed by atoms with Crippen LogP contribution in [0, 0.1) is 5.92 Å². The maximum atomic E-state index is 13.7. The van der Waals surface area contributed by atoms with Gasteiger partial charge in [-0.05, 0) is 37.7 Å². The number of nitrogens with zero attached hydrogens (tertiary/aromatic N) is 2. The van der Waals surface area contributed by atoms with Crippen molar-refractivity contribution in [2.75, 3.05) is 39.5 Å². The number of carbonyl (C=O) groups is 1. The maximum absolute atomic E-state index is 13.7. The molecule has 6 atom stereocenters. The van der Waals surface area contributed by atoms with Crippen LogP contribution in [0.3, 0.4) is 0 Å². The van der Waals surface area contributed by atoms with Gasteiger partial charge in [0.25, 0.3) is 0 Å². The second-order valence-corrected chi connectivity index (χ2v) is 10.9. The predicted molar refractivity (Wildman–Crippen MR) is 114 cm³/mol. The normalized spacial score (nSPS) is 35.0. The lowest BCUT2D eigenvalue weighted by molar-refractivity contribution is -0.128. The SMILES string of the molecule is CN1CCC(c2ccc(S(C)(=O)=O)cc2)C(NC(=O)C2C(N)NN3CC(F)CNC23)C1. The van der Waals surface area contributed by atoms with Crippen molar-refractivity contribution in [1.29, 1.82) is 0 Å². The Labute approximate surface area is 182 Å². The first-order valence-corrected chi connectivity index (χ1v) is 12.5. The van der Waals surface area contributed by atoms with Crippen LogP contribution in [0.1, 0.15) is 17.9 Å². The Balaban J connectivity index is 1.50. The van der Waals surface area contributed by atoms with Gasteiger partial charge in [-0.1, -0.05) is 12.1 Å². The number of hydrogen-bond acceptors (Lipinski definition) is 8. The van der Waals surface area contributed by atoms with Crippen molar-refractivity contribution in [3.63, 3.8) is 0 Å². The summed E-state index contributed by atoms with van der Waals surface area (Å²) in [5.41, 5.74) is 10.2. The van der Waals surface area contributed by atoms with Crippen LogP contribution in [-0.4, -0.2) is 88.3 Å². The third kappa shape index (κ3) is 4.76. The van der Waals surface area contributed by atoms with Crippen LogP contribution in [-0.2, 0) is 14.6 Å². The summed E-state index contributed by atoms with van der Waals surface area (Å²) in [6, 6.07) is 6.76. The van der Waals surface area contributed by atoms with E-state index in [-0.39, 0.29) is 42.0 Å². The molecular weight excluding hydrogens is 423 g/mol. The van der Waals surface area contributed by atoms with Crippen LogP contribution in [0.2, 0.25) is 0 Å². The van der Waals surface area contributed by atoms with Gasteiger partial charge in [0.15, 0.2) is 9.84 Å². The summed E-state index contributed by atoms with van der Waals surface area (Å²) in [7, 11) is -1.25. The molecule has 3 fully saturated rings. The van der Waals surface area contributed by atoms with E-state index in [0.717, 1.165) is 18.5 Å². The number of fused-ring (bicyclic) bond motifs is 1. The molecule has 9 nitrogen and oxygen atoms in total. The van der Waals surface area contributed by atoms with Crippen molar-refractivity contribution in [1.82, 2.24) is 26.0 Å². The number of likely N-dealkylation sites (tertiary alicyclic amines) is 1. The summed E-state index contributed by atoms with van der Waals surface area (Å²) in [6.07, 6.45) is 0.0653. The quantitative estimate of drug-likeness (QED) is 0.457. The fourth-order valence-corrected chi connectivity index (χ4v) is 5.51. The van der Waals surface area contributed by atoms with Gasteiger partial charge in [-0.2, -0.15) is 0 Å². The molecule has 0 radical (unpaired) electrons. The van der Waals surface area contributed by atoms with Crippen LogP contribution >= 0.6 is 0 Å². The molecule has 3 saturated heterocycles. The molecule has 3 aliphatic heterocycles. The molecular formula is C20H31FN6O3S. The van der Waals surface area contributed by atoms with Gasteiger partial charge in [0.2, 0.25) is 5.91 Å². The molecule has 11 heteroatoms. The Bertz CT molecular complexity index is 914. The van der Waals surface area contributed by atoms with Crippen molar-refractivity contribution in [3.05, 3.63) is 29.8 Å². The standard InChI is InChI=1S/C20H31FN6O3S/c1-26-8-7-15(12-3-5-14(6-4-12)31(2,29)30)16(11-26)24-20(28)17-18(22)25-27-10-13(21)9-23-19(17)27/h3-6,13,15-19,23,25H,7-11,22H2,1-2H3,(H,24,28). The molecule has 1 amide bonds. The Kier molecular flexibility index (Phi) is 6.35. The predicted octanol–water partition coefficient (Wildman–Crippen LogP) is -1.02. The third-order valence-electron chi connectivity index (χ3n) is 6.50. The Hall–Kier alpha value is -1.63. The van der Waals surface area contributed by atoms with Gasteiger partial charge in [-0.15, -0.1) is 0 Å². The number of rotatable bonds is 4. The number of nitrogens with two attached hydrogens (primary N) is 1. The average Bonchev–Trinajstić information content (AvgIpc) is 3.02. The molecule has 6 unspecified atom stereocenters. The van der Waals surface area contributed by atoms with Gasteiger partial charge in [0, 0.05) is 37.8 Å². The number of piperidine rings is 1. The lowest BCUT2D eigenvalue weighted by Gasteiger charge is -2.39. The summed E-state index contributed by atoms with van der Waals surface area (Å²) in [6.45, 7) is 1.94. The molecule has 0 saturated carbocycles. The molecule has 0 aliphatic carbocycles. The number of halogens is 1. The van der Waals surface area contributed by atoms with Gasteiger partial charge < -0.3 is 16.0 Å². The summed E-state index contributed by atoms with van der Waals surface area (Å²) >= 11 is 0. The van der Waals surface area contributed by atoms with Crippen molar-refractivity contribution in [2.24, 2.45) is 11.7 Å². The largest absolute Gasteiger partial charge is 0.351 e. The van der Waals surface area contributed by atoms with E-state index in [0.29, 0.717) is 6.54 Å². The highest BCUT2D eigenvalue weighted by Gasteiger charge is 2.47. The number of hydrogen-bond donors (Lipinski definition) is 4. The first-order chi connectivity index (χ1) is 14.6. The number of carbonyl (C=O) groups excluding carboxylic acids is 1. The van der Waals surface area contributed by atoms with Crippen molar-refractivity contribution < 1.29 is 17.6 Å². The van der Waals surface area contributed by atoms with E-state index in [1.807, 2.05) is 19.2 Å². The number of amides is 1. The minimum absolute atomic E-state index is 0.0602. The summed E-state index contributed by atoms with van der Waals surface area (Å²) in [5.74, 6) is -0.659. The molecule has 3 heterocycles. The summed E-state index contributed by atoms with van der Waals surface area (Å²) in [4.78, 5) is 15.7. The molecule has 172 valence electrons. The lowest BCUT2D eigenvalue weighted by atomic mass is 9.85. The van der Waals surface area contributed by atoms with Gasteiger partial charge in [-0.25, -0.2) is 23.2 Å². The smallest absolute Gasteiger partial charge is 0.229 e. The first kappa shape index (κ1) is 22.6. The Morgan fingerprint density at radius 3 is 2.65 bits per heavy atom. The highest BCUT2D eigenvalue weighted by molar-refractivity contribution is 7.90. The maximum Gasteiger partial charge on any atom is 0.229 e. The van der Waals surface area contributed by atoms with E-state index < -0.39 is 28.1 Å². The Morgan fingerprint density at radius 1 is 1.26 bits per heavy atom. The minimum Gasteiger partial charge on any atom is -0.351 e. The van der Waals surface area contributed by atoms with E-state index in [9.17, 15) is 17.6 Å². The van der Waals surface area contributed by atoms with Crippen LogP contribution < -0.4 is 21.8 Å². The highest BCUT2D eigenvalue weighted by atomic mass is 32.2. The van der Waals surface area contributed by atoms with E-state index in [4.69, 9.17) is 5.73 Å². The lowest BCUT2D eigenvalue weighted by Crippen LogP contribution is -2.60. The number of likely N-dealkylation sites (N-methyl/N-ethyl adjacent to an activating group) is 1. The first-order valence-electron chi connectivity index (χ1n) is 10.6. The number of nitrogens with one attached hydrogen (secondary N) is 3. The monoisotopic (exact) mass is 454 g/mol. The number of alkyl halides is 1. The van der Waals surface area contributed by atoms with E-state index in [2.05, 4.69) is 21.0 Å². The number of benzene rings is 1. The molecule has 5 N–H and O–H groups in total. The topological polar surface area (TPSA) is 120 Å². The minimum atomic E-state index is -3.26. The second kappa shape index (κ2) is 8.72.